The van der Waals surface area contributed by atoms with Gasteiger partial charge in [0.2, 0.25) is 10.2 Å². The Hall–Kier alpha value is -0.680. The van der Waals surface area contributed by atoms with Gasteiger partial charge in [-0.25, -0.2) is 4.79 Å². The van der Waals surface area contributed by atoms with Crippen molar-refractivity contribution in [1.82, 2.24) is 0 Å². The van der Waals surface area contributed by atoms with E-state index in [0.29, 0.717) is 15.7 Å². The molecule has 1 aromatic carbocycles. The number of anilines is 1. The molecule has 8 heteroatoms. The number of hydrogen-bond donors (Lipinski definition) is 2. The number of nitrogens with one attached hydrogen (secondary N) is 1. The lowest BCUT2D eigenvalue weighted by molar-refractivity contribution is -0.137. The van der Waals surface area contributed by atoms with Gasteiger partial charge in [-0.15, -0.1) is 0 Å². The Morgan fingerprint density at radius 1 is 1.24 bits per heavy atom. The number of hydrogen-bond acceptors (Lipinski definition) is 2. The number of carboxylic acids is 1. The fourth-order valence-electron chi connectivity index (χ4n) is 1.16. The van der Waals surface area contributed by atoms with Crippen molar-refractivity contribution in [3.05, 3.63) is 28.2 Å². The van der Waals surface area contributed by atoms with E-state index in [-0.39, 0.29) is 11.8 Å². The normalized spacial score (nSPS) is 14.0. The Bertz CT molecular complexity index is 539. The maximum atomic E-state index is 11.4. The Labute approximate surface area is 142 Å². The predicted octanol–water partition coefficient (Wildman–Crippen LogP) is 4.61. The van der Waals surface area contributed by atoms with E-state index in [1.165, 1.54) is 6.92 Å². The quantitative estimate of drug-likeness (QED) is 0.761. The van der Waals surface area contributed by atoms with Crippen molar-refractivity contribution in [2.75, 3.05) is 5.32 Å². The second-order valence-electron chi connectivity index (χ2n) is 4.59. The first-order valence-electron chi connectivity index (χ1n) is 5.98. The molecule has 0 aliphatic heterocycles. The number of rotatable bonds is 3. The van der Waals surface area contributed by atoms with Crippen molar-refractivity contribution < 1.29 is 14.7 Å². The van der Waals surface area contributed by atoms with Crippen LogP contribution in [0.5, 0.6) is 0 Å². The summed E-state index contributed by atoms with van der Waals surface area (Å²) in [5.74, 6) is -0.955. The van der Waals surface area contributed by atoms with Gasteiger partial charge in [0, 0.05) is 11.6 Å². The minimum atomic E-state index is -1.64. The van der Waals surface area contributed by atoms with Gasteiger partial charge in [-0.2, -0.15) is 0 Å². The van der Waals surface area contributed by atoms with Crippen LogP contribution in [0.3, 0.4) is 0 Å². The molecule has 2 rings (SSSR count). The van der Waals surface area contributed by atoms with E-state index in [2.05, 4.69) is 5.32 Å². The predicted molar refractivity (Wildman–Crippen MR) is 85.6 cm³/mol. The standard InChI is InChI=1S/C10H9Cl2NO.C3H4Cl2O2/c11-8-4-3-7(5-9(8)12)13-10(14)6-1-2-6;1-3(4,5)2(6)7/h3-6H,1-2H2,(H,13,14);1H3,(H,6,7). The summed E-state index contributed by atoms with van der Waals surface area (Å²) < 4.78 is -1.64. The first-order chi connectivity index (χ1) is 9.61. The third-order valence-electron chi connectivity index (χ3n) is 2.51. The van der Waals surface area contributed by atoms with Gasteiger partial charge in [0.1, 0.15) is 0 Å². The van der Waals surface area contributed by atoms with Crippen LogP contribution in [0.4, 0.5) is 5.69 Å². The zero-order valence-corrected chi connectivity index (χ0v) is 14.0. The molecule has 116 valence electrons. The van der Waals surface area contributed by atoms with Crippen molar-refractivity contribution >= 4 is 64.0 Å². The Balaban J connectivity index is 0.000000270. The van der Waals surface area contributed by atoms with Crippen LogP contribution in [-0.2, 0) is 9.59 Å². The Morgan fingerprint density at radius 2 is 1.76 bits per heavy atom. The lowest BCUT2D eigenvalue weighted by Crippen LogP contribution is -2.19. The van der Waals surface area contributed by atoms with Crippen LogP contribution >= 0.6 is 46.4 Å². The highest BCUT2D eigenvalue weighted by Gasteiger charge is 2.29. The molecule has 21 heavy (non-hydrogen) atoms. The molecule has 0 bridgehead atoms. The number of halogens is 4. The van der Waals surface area contributed by atoms with Crippen molar-refractivity contribution in [3.63, 3.8) is 0 Å². The van der Waals surface area contributed by atoms with Crippen LogP contribution in [0, 0.1) is 5.92 Å². The molecule has 0 radical (unpaired) electrons. The summed E-state index contributed by atoms with van der Waals surface area (Å²) in [5, 5.41) is 11.7. The van der Waals surface area contributed by atoms with Gasteiger partial charge in [-0.3, -0.25) is 4.79 Å². The maximum Gasteiger partial charge on any atom is 0.339 e. The summed E-state index contributed by atoms with van der Waals surface area (Å²) >= 11 is 21.6. The van der Waals surface area contributed by atoms with Gasteiger partial charge >= 0.3 is 5.97 Å². The molecule has 1 amide bonds. The molecular formula is C13H13Cl4NO3. The maximum absolute atomic E-state index is 11.4. The third kappa shape index (κ3) is 6.74. The average Bonchev–Trinajstić information content (AvgIpc) is 3.17. The number of alkyl halides is 2. The van der Waals surface area contributed by atoms with Crippen LogP contribution < -0.4 is 5.32 Å². The summed E-state index contributed by atoms with van der Waals surface area (Å²) in [4.78, 5) is 21.1. The number of carbonyl (C=O) groups is 2. The highest BCUT2D eigenvalue weighted by molar-refractivity contribution is 6.56. The molecule has 1 aromatic rings. The van der Waals surface area contributed by atoms with E-state index in [9.17, 15) is 9.59 Å². The minimum Gasteiger partial charge on any atom is -0.479 e. The Morgan fingerprint density at radius 3 is 2.14 bits per heavy atom. The summed E-state index contributed by atoms with van der Waals surface area (Å²) in [5.41, 5.74) is 0.705. The van der Waals surface area contributed by atoms with E-state index in [0.717, 1.165) is 12.8 Å². The van der Waals surface area contributed by atoms with E-state index in [4.69, 9.17) is 51.5 Å². The molecule has 1 aliphatic carbocycles. The number of benzene rings is 1. The van der Waals surface area contributed by atoms with Gasteiger partial charge < -0.3 is 10.4 Å². The third-order valence-corrected chi connectivity index (χ3v) is 3.57. The summed E-state index contributed by atoms with van der Waals surface area (Å²) in [7, 11) is 0. The second-order valence-corrected chi connectivity index (χ2v) is 7.11. The van der Waals surface area contributed by atoms with Crippen molar-refractivity contribution in [1.29, 1.82) is 0 Å². The number of amides is 1. The summed E-state index contributed by atoms with van der Waals surface area (Å²) in [6.45, 7) is 1.19. The van der Waals surface area contributed by atoms with Crippen LogP contribution in [0.2, 0.25) is 10.0 Å². The smallest absolute Gasteiger partial charge is 0.339 e. The first-order valence-corrected chi connectivity index (χ1v) is 7.49. The molecule has 0 saturated heterocycles. The molecule has 2 N–H and O–H groups in total. The minimum absolute atomic E-state index is 0.0726. The molecule has 0 spiro atoms. The lowest BCUT2D eigenvalue weighted by Gasteiger charge is -2.04. The van der Waals surface area contributed by atoms with Crippen LogP contribution in [0.1, 0.15) is 19.8 Å². The fraction of sp³-hybridized carbons (Fsp3) is 0.385. The van der Waals surface area contributed by atoms with Crippen molar-refractivity contribution in [2.24, 2.45) is 5.92 Å². The van der Waals surface area contributed by atoms with Crippen LogP contribution in [-0.4, -0.2) is 21.3 Å². The lowest BCUT2D eigenvalue weighted by atomic mass is 10.3. The zero-order valence-electron chi connectivity index (χ0n) is 11.0. The molecule has 0 atom stereocenters. The number of carboxylic acid groups (broad SMARTS) is 1. The SMILES string of the molecule is CC(Cl)(Cl)C(=O)O.O=C(Nc1ccc(Cl)c(Cl)c1)C1CC1. The fourth-order valence-corrected chi connectivity index (χ4v) is 1.46. The molecule has 1 fully saturated rings. The highest BCUT2D eigenvalue weighted by atomic mass is 35.5. The van der Waals surface area contributed by atoms with Crippen LogP contribution in [0.25, 0.3) is 0 Å². The molecule has 1 saturated carbocycles. The van der Waals surface area contributed by atoms with Gasteiger partial charge in [-0.05, 0) is 38.0 Å². The van der Waals surface area contributed by atoms with E-state index < -0.39 is 10.3 Å². The largest absolute Gasteiger partial charge is 0.479 e. The topological polar surface area (TPSA) is 66.4 Å². The molecule has 0 heterocycles. The average molecular weight is 373 g/mol. The van der Waals surface area contributed by atoms with Crippen molar-refractivity contribution in [2.45, 2.75) is 24.1 Å². The van der Waals surface area contributed by atoms with Gasteiger partial charge in [-0.1, -0.05) is 46.4 Å². The second kappa shape index (κ2) is 7.54. The van der Waals surface area contributed by atoms with Crippen molar-refractivity contribution in [3.8, 4) is 0 Å². The molecule has 0 aromatic heterocycles. The Kier molecular flexibility index (Phi) is 6.60. The molecule has 4 nitrogen and oxygen atoms in total. The molecular weight excluding hydrogens is 360 g/mol. The molecule has 1 aliphatic rings. The summed E-state index contributed by atoms with van der Waals surface area (Å²) in [6, 6.07) is 5.07. The van der Waals surface area contributed by atoms with E-state index >= 15 is 0 Å². The highest BCUT2D eigenvalue weighted by Crippen LogP contribution is 2.31. The number of aliphatic carboxylic acids is 1. The monoisotopic (exact) mass is 371 g/mol. The first kappa shape index (κ1) is 18.4. The van der Waals surface area contributed by atoms with E-state index in [1.54, 1.807) is 18.2 Å². The van der Waals surface area contributed by atoms with Gasteiger partial charge in [0.15, 0.2) is 0 Å². The number of carbonyl (C=O) groups excluding carboxylic acids is 1. The zero-order chi connectivity index (χ0) is 16.2. The van der Waals surface area contributed by atoms with E-state index in [1.807, 2.05) is 0 Å². The summed E-state index contributed by atoms with van der Waals surface area (Å²) in [6.07, 6.45) is 1.99. The molecule has 0 unspecified atom stereocenters. The van der Waals surface area contributed by atoms with Gasteiger partial charge in [0.25, 0.3) is 0 Å². The van der Waals surface area contributed by atoms with Gasteiger partial charge in [0.05, 0.1) is 10.0 Å². The van der Waals surface area contributed by atoms with Crippen LogP contribution in [0.15, 0.2) is 18.2 Å².